The van der Waals surface area contributed by atoms with Crippen molar-refractivity contribution in [2.24, 2.45) is 5.92 Å². The van der Waals surface area contributed by atoms with Gasteiger partial charge in [0.1, 0.15) is 11.3 Å². The van der Waals surface area contributed by atoms with Crippen LogP contribution >= 0.6 is 0 Å². The summed E-state index contributed by atoms with van der Waals surface area (Å²) in [5.41, 5.74) is 1.97. The predicted molar refractivity (Wildman–Crippen MR) is 83.5 cm³/mol. The molecule has 4 rings (SSSR count). The number of ether oxygens (including phenoxy) is 2. The summed E-state index contributed by atoms with van der Waals surface area (Å²) in [6.07, 6.45) is 7.70. The first kappa shape index (κ1) is 14.2. The highest BCUT2D eigenvalue weighted by molar-refractivity contribution is 5.81. The summed E-state index contributed by atoms with van der Waals surface area (Å²) in [5.74, 6) is 1.13. The highest BCUT2D eigenvalue weighted by Gasteiger charge is 2.33. The van der Waals surface area contributed by atoms with Gasteiger partial charge in [-0.2, -0.15) is 0 Å². The van der Waals surface area contributed by atoms with E-state index in [1.54, 1.807) is 0 Å². The Kier molecular flexibility index (Phi) is 3.66. The molecule has 0 amide bonds. The summed E-state index contributed by atoms with van der Waals surface area (Å²) < 4.78 is 17.2. The van der Waals surface area contributed by atoms with E-state index < -0.39 is 5.79 Å². The fourth-order valence-electron chi connectivity index (χ4n) is 3.76. The van der Waals surface area contributed by atoms with E-state index >= 15 is 0 Å². The van der Waals surface area contributed by atoms with Gasteiger partial charge in [0, 0.05) is 17.4 Å². The molecule has 4 heteroatoms. The minimum Gasteiger partial charge on any atom is -0.360 e. The fourth-order valence-corrected chi connectivity index (χ4v) is 3.76. The summed E-state index contributed by atoms with van der Waals surface area (Å²) in [4.78, 5) is 0. The van der Waals surface area contributed by atoms with Crippen LogP contribution in [0.25, 0.3) is 10.9 Å². The van der Waals surface area contributed by atoms with Crippen molar-refractivity contribution in [3.05, 3.63) is 29.5 Å². The Morgan fingerprint density at radius 3 is 2.68 bits per heavy atom. The van der Waals surface area contributed by atoms with Crippen molar-refractivity contribution in [3.8, 4) is 0 Å². The van der Waals surface area contributed by atoms with E-state index in [1.807, 2.05) is 19.1 Å². The Morgan fingerprint density at radius 2 is 1.91 bits per heavy atom. The second kappa shape index (κ2) is 5.67. The minimum absolute atomic E-state index is 0.631. The smallest absolute Gasteiger partial charge is 0.192 e. The highest BCUT2D eigenvalue weighted by atomic mass is 16.7. The zero-order valence-corrected chi connectivity index (χ0v) is 13.1. The van der Waals surface area contributed by atoms with Gasteiger partial charge in [-0.25, -0.2) is 0 Å². The first-order valence-electron chi connectivity index (χ1n) is 8.41. The van der Waals surface area contributed by atoms with Crippen molar-refractivity contribution in [1.29, 1.82) is 0 Å². The molecule has 1 aliphatic heterocycles. The summed E-state index contributed by atoms with van der Waals surface area (Å²) in [6, 6.07) is 6.17. The normalized spacial score (nSPS) is 22.4. The van der Waals surface area contributed by atoms with E-state index in [1.165, 1.54) is 32.1 Å². The maximum atomic E-state index is 5.77. The molecule has 1 aromatic heterocycles. The molecule has 2 aromatic rings. The average molecular weight is 301 g/mol. The van der Waals surface area contributed by atoms with Crippen molar-refractivity contribution in [2.45, 2.75) is 51.2 Å². The second-order valence-electron chi connectivity index (χ2n) is 6.69. The molecule has 0 bridgehead atoms. The molecular formula is C18H23NO3. The van der Waals surface area contributed by atoms with Crippen LogP contribution in [0.4, 0.5) is 0 Å². The van der Waals surface area contributed by atoms with Crippen molar-refractivity contribution < 1.29 is 14.0 Å². The van der Waals surface area contributed by atoms with Crippen LogP contribution in [-0.2, 0) is 21.7 Å². The molecule has 1 saturated carbocycles. The van der Waals surface area contributed by atoms with E-state index in [0.717, 1.165) is 34.6 Å². The number of hydrogen-bond acceptors (Lipinski definition) is 4. The molecule has 118 valence electrons. The van der Waals surface area contributed by atoms with Gasteiger partial charge < -0.3 is 14.0 Å². The first-order chi connectivity index (χ1) is 10.7. The molecule has 22 heavy (non-hydrogen) atoms. The molecule has 0 unspecified atom stereocenters. The third kappa shape index (κ3) is 2.55. The van der Waals surface area contributed by atoms with Crippen LogP contribution in [0.3, 0.4) is 0 Å². The highest BCUT2D eigenvalue weighted by Crippen LogP contribution is 2.35. The summed E-state index contributed by atoms with van der Waals surface area (Å²) in [7, 11) is 0. The van der Waals surface area contributed by atoms with Crippen molar-refractivity contribution >= 4 is 10.9 Å². The van der Waals surface area contributed by atoms with Crippen LogP contribution in [-0.4, -0.2) is 18.4 Å². The maximum absolute atomic E-state index is 5.77. The molecular weight excluding hydrogens is 278 g/mol. The molecule has 1 aliphatic carbocycles. The zero-order valence-electron chi connectivity index (χ0n) is 13.1. The molecule has 4 nitrogen and oxygen atoms in total. The van der Waals surface area contributed by atoms with E-state index in [0.29, 0.717) is 13.2 Å². The van der Waals surface area contributed by atoms with Crippen LogP contribution in [0.5, 0.6) is 0 Å². The maximum Gasteiger partial charge on any atom is 0.192 e. The van der Waals surface area contributed by atoms with E-state index in [9.17, 15) is 0 Å². The van der Waals surface area contributed by atoms with Crippen LogP contribution in [0, 0.1) is 5.92 Å². The number of fused-ring (bicyclic) bond motifs is 1. The van der Waals surface area contributed by atoms with Crippen molar-refractivity contribution in [1.82, 2.24) is 5.16 Å². The van der Waals surface area contributed by atoms with Crippen LogP contribution in [0.2, 0.25) is 0 Å². The molecule has 0 atom stereocenters. The van der Waals surface area contributed by atoms with Gasteiger partial charge in [-0.05, 0) is 25.0 Å². The van der Waals surface area contributed by atoms with Gasteiger partial charge in [-0.15, -0.1) is 0 Å². The SMILES string of the molecule is CC1(c2ccc3noc(CC4CCCCC4)c3c2)OCCO1. The predicted octanol–water partition coefficient (Wildman–Crippen LogP) is 4.17. The molecule has 0 N–H and O–H groups in total. The van der Waals surface area contributed by atoms with Gasteiger partial charge in [0.15, 0.2) is 5.79 Å². The molecule has 2 fully saturated rings. The van der Waals surface area contributed by atoms with Gasteiger partial charge >= 0.3 is 0 Å². The average Bonchev–Trinajstić information content (AvgIpc) is 3.16. The lowest BCUT2D eigenvalue weighted by Crippen LogP contribution is -2.22. The second-order valence-corrected chi connectivity index (χ2v) is 6.69. The standard InChI is InChI=1S/C18H23NO3/c1-18(20-9-10-21-18)14-7-8-16-15(12-14)17(22-19-16)11-13-5-3-2-4-6-13/h7-8,12-13H,2-6,9-11H2,1H3. The molecule has 2 aliphatic rings. The quantitative estimate of drug-likeness (QED) is 0.853. The van der Waals surface area contributed by atoms with Gasteiger partial charge in [0.25, 0.3) is 0 Å². The Labute approximate surface area is 130 Å². The third-order valence-electron chi connectivity index (χ3n) is 5.11. The summed E-state index contributed by atoms with van der Waals surface area (Å²) >= 11 is 0. The lowest BCUT2D eigenvalue weighted by atomic mass is 9.86. The van der Waals surface area contributed by atoms with Crippen molar-refractivity contribution in [2.75, 3.05) is 13.2 Å². The Hall–Kier alpha value is -1.39. The number of hydrogen-bond donors (Lipinski definition) is 0. The summed E-state index contributed by atoms with van der Waals surface area (Å²) in [6.45, 7) is 3.27. The van der Waals surface area contributed by atoms with Gasteiger partial charge in [0.2, 0.25) is 0 Å². The Bertz CT molecular complexity index is 651. The fraction of sp³-hybridized carbons (Fsp3) is 0.611. The molecule has 2 heterocycles. The molecule has 0 spiro atoms. The van der Waals surface area contributed by atoms with Crippen LogP contribution in [0.15, 0.2) is 22.7 Å². The van der Waals surface area contributed by atoms with E-state index in [-0.39, 0.29) is 0 Å². The largest absolute Gasteiger partial charge is 0.360 e. The monoisotopic (exact) mass is 301 g/mol. The minimum atomic E-state index is -0.631. The van der Waals surface area contributed by atoms with E-state index in [4.69, 9.17) is 14.0 Å². The first-order valence-corrected chi connectivity index (χ1v) is 8.41. The zero-order chi connectivity index (χ0) is 15.0. The van der Waals surface area contributed by atoms with Gasteiger partial charge in [-0.1, -0.05) is 43.3 Å². The third-order valence-corrected chi connectivity index (χ3v) is 5.11. The number of rotatable bonds is 3. The molecule has 0 radical (unpaired) electrons. The topological polar surface area (TPSA) is 44.5 Å². The number of aromatic nitrogens is 1. The van der Waals surface area contributed by atoms with Crippen LogP contribution in [0.1, 0.15) is 50.4 Å². The van der Waals surface area contributed by atoms with Gasteiger partial charge in [0.05, 0.1) is 13.2 Å². The Balaban J connectivity index is 1.64. The lowest BCUT2D eigenvalue weighted by Gasteiger charge is -2.23. The lowest BCUT2D eigenvalue weighted by molar-refractivity contribution is -0.149. The molecule has 1 saturated heterocycles. The number of benzene rings is 1. The number of nitrogens with zero attached hydrogens (tertiary/aromatic N) is 1. The van der Waals surface area contributed by atoms with Crippen LogP contribution < -0.4 is 0 Å². The van der Waals surface area contributed by atoms with Gasteiger partial charge in [-0.3, -0.25) is 0 Å². The molecule has 1 aromatic carbocycles. The summed E-state index contributed by atoms with van der Waals surface area (Å²) in [5, 5.41) is 5.33. The Morgan fingerprint density at radius 1 is 1.14 bits per heavy atom. The van der Waals surface area contributed by atoms with Crippen molar-refractivity contribution in [3.63, 3.8) is 0 Å². The van der Waals surface area contributed by atoms with E-state index in [2.05, 4.69) is 11.2 Å².